The molecule has 0 aliphatic rings. The molecule has 0 aliphatic heterocycles. The SMILES string of the molecule is CCn1ncc(Br)c1C(=O)Nc1ccc(C)c(F)c1. The van der Waals surface area contributed by atoms with Gasteiger partial charge in [-0.1, -0.05) is 6.07 Å². The number of rotatable bonds is 3. The molecule has 0 radical (unpaired) electrons. The minimum atomic E-state index is -0.346. The number of aromatic nitrogens is 2. The third-order valence-corrected chi connectivity index (χ3v) is 3.32. The Morgan fingerprint density at radius 2 is 2.26 bits per heavy atom. The first kappa shape index (κ1) is 13.7. The Morgan fingerprint density at radius 3 is 2.89 bits per heavy atom. The standard InChI is InChI=1S/C13H13BrFN3O/c1-3-18-12(10(14)7-16-18)13(19)17-9-5-4-8(2)11(15)6-9/h4-7H,3H2,1-2H3,(H,17,19). The molecule has 1 aromatic heterocycles. The number of amides is 1. The number of hydrogen-bond acceptors (Lipinski definition) is 2. The van der Waals surface area contributed by atoms with Crippen LogP contribution in [-0.2, 0) is 6.54 Å². The fourth-order valence-corrected chi connectivity index (χ4v) is 2.17. The molecular weight excluding hydrogens is 313 g/mol. The Balaban J connectivity index is 2.25. The topological polar surface area (TPSA) is 46.9 Å². The smallest absolute Gasteiger partial charge is 0.275 e. The van der Waals surface area contributed by atoms with E-state index in [4.69, 9.17) is 0 Å². The Kier molecular flexibility index (Phi) is 3.99. The van der Waals surface area contributed by atoms with Crippen LogP contribution in [0.2, 0.25) is 0 Å². The van der Waals surface area contributed by atoms with Crippen LogP contribution in [-0.4, -0.2) is 15.7 Å². The number of nitrogens with one attached hydrogen (secondary N) is 1. The molecule has 1 aromatic carbocycles. The van der Waals surface area contributed by atoms with Crippen LogP contribution >= 0.6 is 15.9 Å². The van der Waals surface area contributed by atoms with Crippen molar-refractivity contribution in [3.63, 3.8) is 0 Å². The van der Waals surface area contributed by atoms with Gasteiger partial charge in [0.25, 0.3) is 5.91 Å². The van der Waals surface area contributed by atoms with Crippen LogP contribution in [0.1, 0.15) is 23.0 Å². The van der Waals surface area contributed by atoms with Crippen molar-refractivity contribution in [3.05, 3.63) is 45.9 Å². The lowest BCUT2D eigenvalue weighted by Gasteiger charge is -2.08. The number of aryl methyl sites for hydroxylation is 2. The number of carbonyl (C=O) groups is 1. The molecule has 0 spiro atoms. The summed E-state index contributed by atoms with van der Waals surface area (Å²) < 4.78 is 15.6. The van der Waals surface area contributed by atoms with Gasteiger partial charge in [-0.2, -0.15) is 5.10 Å². The summed E-state index contributed by atoms with van der Waals surface area (Å²) in [6, 6.07) is 4.59. The molecule has 0 atom stereocenters. The second-order valence-corrected chi connectivity index (χ2v) is 4.93. The Labute approximate surface area is 118 Å². The lowest BCUT2D eigenvalue weighted by molar-refractivity contribution is 0.101. The Bertz CT molecular complexity index is 624. The minimum Gasteiger partial charge on any atom is -0.321 e. The van der Waals surface area contributed by atoms with Crippen LogP contribution in [0.5, 0.6) is 0 Å². The predicted molar refractivity (Wildman–Crippen MR) is 74.7 cm³/mol. The second kappa shape index (κ2) is 5.52. The molecule has 19 heavy (non-hydrogen) atoms. The normalized spacial score (nSPS) is 10.5. The van der Waals surface area contributed by atoms with E-state index in [-0.39, 0.29) is 11.7 Å². The molecule has 100 valence electrons. The number of nitrogens with zero attached hydrogens (tertiary/aromatic N) is 2. The number of anilines is 1. The van der Waals surface area contributed by atoms with Crippen molar-refractivity contribution in [1.29, 1.82) is 0 Å². The first-order chi connectivity index (χ1) is 9.02. The van der Waals surface area contributed by atoms with Gasteiger partial charge in [-0.3, -0.25) is 9.48 Å². The van der Waals surface area contributed by atoms with Crippen molar-refractivity contribution >= 4 is 27.5 Å². The maximum absolute atomic E-state index is 13.4. The van der Waals surface area contributed by atoms with Crippen molar-refractivity contribution < 1.29 is 9.18 Å². The van der Waals surface area contributed by atoms with Gasteiger partial charge < -0.3 is 5.32 Å². The highest BCUT2D eigenvalue weighted by atomic mass is 79.9. The van der Waals surface area contributed by atoms with Gasteiger partial charge in [-0.25, -0.2) is 4.39 Å². The van der Waals surface area contributed by atoms with Crippen LogP contribution in [0, 0.1) is 12.7 Å². The van der Waals surface area contributed by atoms with Crippen LogP contribution < -0.4 is 5.32 Å². The highest BCUT2D eigenvalue weighted by molar-refractivity contribution is 9.10. The van der Waals surface area contributed by atoms with Crippen LogP contribution in [0.4, 0.5) is 10.1 Å². The lowest BCUT2D eigenvalue weighted by Crippen LogP contribution is -2.18. The third kappa shape index (κ3) is 2.84. The van der Waals surface area contributed by atoms with Crippen molar-refractivity contribution in [2.75, 3.05) is 5.32 Å². The number of halogens is 2. The van der Waals surface area contributed by atoms with Gasteiger partial charge in [0.2, 0.25) is 0 Å². The zero-order valence-electron chi connectivity index (χ0n) is 10.6. The molecule has 4 nitrogen and oxygen atoms in total. The molecule has 0 saturated heterocycles. The fraction of sp³-hybridized carbons (Fsp3) is 0.231. The van der Waals surface area contributed by atoms with E-state index in [9.17, 15) is 9.18 Å². The quantitative estimate of drug-likeness (QED) is 0.940. The van der Waals surface area contributed by atoms with E-state index in [0.717, 1.165) is 0 Å². The van der Waals surface area contributed by atoms with Gasteiger partial charge in [0, 0.05) is 12.2 Å². The van der Waals surface area contributed by atoms with Crippen molar-refractivity contribution in [2.24, 2.45) is 0 Å². The molecule has 0 fully saturated rings. The van der Waals surface area contributed by atoms with E-state index in [1.807, 2.05) is 6.92 Å². The predicted octanol–water partition coefficient (Wildman–Crippen LogP) is 3.37. The monoisotopic (exact) mass is 325 g/mol. The second-order valence-electron chi connectivity index (χ2n) is 4.07. The molecule has 0 unspecified atom stereocenters. The zero-order valence-corrected chi connectivity index (χ0v) is 12.2. The highest BCUT2D eigenvalue weighted by Gasteiger charge is 2.16. The van der Waals surface area contributed by atoms with Crippen molar-refractivity contribution in [2.45, 2.75) is 20.4 Å². The fourth-order valence-electron chi connectivity index (χ4n) is 1.69. The summed E-state index contributed by atoms with van der Waals surface area (Å²) >= 11 is 3.28. The minimum absolute atomic E-state index is 0.325. The lowest BCUT2D eigenvalue weighted by atomic mass is 10.2. The number of hydrogen-bond donors (Lipinski definition) is 1. The van der Waals surface area contributed by atoms with Crippen molar-refractivity contribution in [3.8, 4) is 0 Å². The largest absolute Gasteiger partial charge is 0.321 e. The van der Waals surface area contributed by atoms with Crippen molar-refractivity contribution in [1.82, 2.24) is 9.78 Å². The van der Waals surface area contributed by atoms with Gasteiger partial charge >= 0.3 is 0 Å². The van der Waals surface area contributed by atoms with Gasteiger partial charge in [0.1, 0.15) is 11.5 Å². The summed E-state index contributed by atoms with van der Waals surface area (Å²) in [5.41, 5.74) is 1.38. The molecule has 1 amide bonds. The van der Waals surface area contributed by atoms with Gasteiger partial charge in [-0.05, 0) is 47.5 Å². The van der Waals surface area contributed by atoms with E-state index in [1.165, 1.54) is 6.07 Å². The highest BCUT2D eigenvalue weighted by Crippen LogP contribution is 2.19. The number of carbonyl (C=O) groups excluding carboxylic acids is 1. The molecule has 0 bridgehead atoms. The summed E-state index contributed by atoms with van der Waals surface area (Å²) in [6.45, 7) is 4.14. The maximum Gasteiger partial charge on any atom is 0.275 e. The van der Waals surface area contributed by atoms with E-state index >= 15 is 0 Å². The first-order valence-corrected chi connectivity index (χ1v) is 6.61. The van der Waals surface area contributed by atoms with Crippen LogP contribution in [0.15, 0.2) is 28.9 Å². The molecule has 0 saturated carbocycles. The van der Waals surface area contributed by atoms with Gasteiger partial charge in [-0.15, -0.1) is 0 Å². The molecule has 0 aliphatic carbocycles. The average Bonchev–Trinajstić information content (AvgIpc) is 2.75. The molecule has 2 rings (SSSR count). The summed E-state index contributed by atoms with van der Waals surface area (Å²) in [5, 5.41) is 6.72. The van der Waals surface area contributed by atoms with Crippen LogP contribution in [0.25, 0.3) is 0 Å². The third-order valence-electron chi connectivity index (χ3n) is 2.74. The van der Waals surface area contributed by atoms with E-state index in [2.05, 4.69) is 26.3 Å². The Morgan fingerprint density at radius 1 is 1.53 bits per heavy atom. The van der Waals surface area contributed by atoms with E-state index in [0.29, 0.717) is 28.0 Å². The van der Waals surface area contributed by atoms with Crippen LogP contribution in [0.3, 0.4) is 0 Å². The maximum atomic E-state index is 13.4. The van der Waals surface area contributed by atoms with E-state index < -0.39 is 0 Å². The number of benzene rings is 1. The van der Waals surface area contributed by atoms with Gasteiger partial charge in [0.05, 0.1) is 10.7 Å². The summed E-state index contributed by atoms with van der Waals surface area (Å²) in [4.78, 5) is 12.1. The zero-order chi connectivity index (χ0) is 14.0. The summed E-state index contributed by atoms with van der Waals surface area (Å²) in [6.07, 6.45) is 1.56. The first-order valence-electron chi connectivity index (χ1n) is 5.81. The molecule has 2 aromatic rings. The molecule has 1 N–H and O–H groups in total. The Hall–Kier alpha value is -1.69. The van der Waals surface area contributed by atoms with E-state index in [1.54, 1.807) is 29.9 Å². The average molecular weight is 326 g/mol. The summed E-state index contributed by atoms with van der Waals surface area (Å²) in [5.74, 6) is -0.671. The summed E-state index contributed by atoms with van der Waals surface area (Å²) in [7, 11) is 0. The molecule has 1 heterocycles. The molecule has 6 heteroatoms. The molecular formula is C13H13BrFN3O. The van der Waals surface area contributed by atoms with Gasteiger partial charge in [0.15, 0.2) is 0 Å².